The minimum atomic E-state index is -1.34. The van der Waals surface area contributed by atoms with Gasteiger partial charge >= 0.3 is 12.1 Å². The number of hydrogen-bond acceptors (Lipinski definition) is 7. The molecule has 1 aromatic rings. The first-order valence-electron chi connectivity index (χ1n) is 9.00. The lowest BCUT2D eigenvalue weighted by Gasteiger charge is -2.20. The average molecular weight is 395 g/mol. The predicted octanol–water partition coefficient (Wildman–Crippen LogP) is 1.81. The molecule has 0 aromatic heterocycles. The molecule has 0 bridgehead atoms. The van der Waals surface area contributed by atoms with E-state index < -0.39 is 23.7 Å². The van der Waals surface area contributed by atoms with E-state index >= 15 is 0 Å². The summed E-state index contributed by atoms with van der Waals surface area (Å²) >= 11 is 0. The van der Waals surface area contributed by atoms with Crippen LogP contribution in [0.3, 0.4) is 0 Å². The first-order valence-corrected chi connectivity index (χ1v) is 9.00. The molecule has 156 valence electrons. The van der Waals surface area contributed by atoms with Gasteiger partial charge in [0.1, 0.15) is 18.2 Å². The molecule has 0 aliphatic rings. The number of methoxy groups -OCH3 is 1. The van der Waals surface area contributed by atoms with Gasteiger partial charge in [-0.15, -0.1) is 0 Å². The van der Waals surface area contributed by atoms with Gasteiger partial charge in [-0.1, -0.05) is 42.5 Å². The third-order valence-electron chi connectivity index (χ3n) is 3.56. The lowest BCUT2D eigenvalue weighted by atomic mass is 10.1. The third-order valence-corrected chi connectivity index (χ3v) is 3.56. The smallest absolute Gasteiger partial charge is 0.408 e. The normalized spacial score (nSPS) is 14.3. The van der Waals surface area contributed by atoms with Gasteiger partial charge in [-0.05, 0) is 19.4 Å². The van der Waals surface area contributed by atoms with Crippen LogP contribution in [0.15, 0.2) is 42.5 Å². The first kappa shape index (κ1) is 23.6. The number of alkyl carbamates (subject to hydrolysis) is 1. The fourth-order valence-corrected chi connectivity index (χ4v) is 2.10. The van der Waals surface area contributed by atoms with Crippen LogP contribution in [0.25, 0.3) is 0 Å². The molecule has 2 atom stereocenters. The molecule has 0 aliphatic heterocycles. The summed E-state index contributed by atoms with van der Waals surface area (Å²) in [4.78, 5) is 23.9. The van der Waals surface area contributed by atoms with Gasteiger partial charge in [-0.2, -0.15) is 0 Å². The molecule has 1 amide bonds. The van der Waals surface area contributed by atoms with E-state index in [9.17, 15) is 14.7 Å². The van der Waals surface area contributed by atoms with Crippen LogP contribution in [0, 0.1) is 0 Å². The van der Waals surface area contributed by atoms with E-state index in [1.807, 2.05) is 37.3 Å². The lowest BCUT2D eigenvalue weighted by Crippen LogP contribution is -2.41. The number of aliphatic hydroxyl groups is 1. The summed E-state index contributed by atoms with van der Waals surface area (Å²) in [6.07, 6.45) is 1.92. The zero-order valence-electron chi connectivity index (χ0n) is 16.6. The fraction of sp³-hybridized carbons (Fsp3) is 0.500. The topological polar surface area (TPSA) is 103 Å². The monoisotopic (exact) mass is 395 g/mol. The predicted molar refractivity (Wildman–Crippen MR) is 103 cm³/mol. The molecule has 8 heteroatoms. The van der Waals surface area contributed by atoms with Crippen LogP contribution in [0.2, 0.25) is 0 Å². The maximum Gasteiger partial charge on any atom is 0.408 e. The molecule has 8 nitrogen and oxygen atoms in total. The number of benzene rings is 1. The summed E-state index contributed by atoms with van der Waals surface area (Å²) in [5, 5.41) is 12.7. The lowest BCUT2D eigenvalue weighted by molar-refractivity contribution is -0.141. The summed E-state index contributed by atoms with van der Waals surface area (Å²) in [5.41, 5.74) is -0.524. The zero-order valence-corrected chi connectivity index (χ0v) is 16.6. The molecule has 1 rings (SSSR count). The highest BCUT2D eigenvalue weighted by atomic mass is 16.6. The number of nitrogens with one attached hydrogen (secondary N) is 1. The van der Waals surface area contributed by atoms with Gasteiger partial charge in [0.15, 0.2) is 0 Å². The largest absolute Gasteiger partial charge is 0.467 e. The van der Waals surface area contributed by atoms with Gasteiger partial charge in [-0.3, -0.25) is 0 Å². The number of carbonyl (C=O) groups excluding carboxylic acids is 2. The van der Waals surface area contributed by atoms with Crippen molar-refractivity contribution in [1.82, 2.24) is 5.32 Å². The number of carbonyl (C=O) groups is 2. The molecular formula is C20H29NO7. The molecule has 0 saturated carbocycles. The maximum atomic E-state index is 12.0. The highest BCUT2D eigenvalue weighted by Crippen LogP contribution is 2.08. The Morgan fingerprint density at radius 2 is 1.89 bits per heavy atom. The Bertz CT molecular complexity index is 616. The van der Waals surface area contributed by atoms with Crippen LogP contribution >= 0.6 is 0 Å². The Hall–Kier alpha value is -2.42. The molecule has 28 heavy (non-hydrogen) atoms. The Balaban J connectivity index is 2.55. The summed E-state index contributed by atoms with van der Waals surface area (Å²) < 4.78 is 20.2. The van der Waals surface area contributed by atoms with Gasteiger partial charge in [-0.25, -0.2) is 9.59 Å². The van der Waals surface area contributed by atoms with E-state index in [-0.39, 0.29) is 13.2 Å². The minimum absolute atomic E-state index is 0.00290. The second-order valence-corrected chi connectivity index (χ2v) is 6.17. The number of ether oxygens (including phenoxy) is 4. The molecular weight excluding hydrogens is 366 g/mol. The van der Waals surface area contributed by atoms with E-state index in [1.165, 1.54) is 26.2 Å². The SMILES string of the molecule is CCOCCOCC(C)(O)/C=C/C(NC(=O)OCc1ccccc1)C(=O)OC. The van der Waals surface area contributed by atoms with Gasteiger partial charge in [0.25, 0.3) is 0 Å². The molecule has 1 aromatic carbocycles. The van der Waals surface area contributed by atoms with E-state index in [1.54, 1.807) is 0 Å². The van der Waals surface area contributed by atoms with E-state index in [4.69, 9.17) is 14.2 Å². The highest BCUT2D eigenvalue weighted by Gasteiger charge is 2.23. The van der Waals surface area contributed by atoms with Crippen LogP contribution in [0.1, 0.15) is 19.4 Å². The molecule has 0 fully saturated rings. The van der Waals surface area contributed by atoms with Crippen molar-refractivity contribution in [3.8, 4) is 0 Å². The van der Waals surface area contributed by atoms with Gasteiger partial charge < -0.3 is 29.4 Å². The Morgan fingerprint density at radius 1 is 1.21 bits per heavy atom. The summed E-state index contributed by atoms with van der Waals surface area (Å²) in [5.74, 6) is -0.694. The molecule has 0 aliphatic carbocycles. The van der Waals surface area contributed by atoms with Crippen molar-refractivity contribution in [2.45, 2.75) is 32.1 Å². The average Bonchev–Trinajstić information content (AvgIpc) is 2.69. The molecule has 0 spiro atoms. The second-order valence-electron chi connectivity index (χ2n) is 6.17. The van der Waals surface area contributed by atoms with Gasteiger partial charge in [0, 0.05) is 6.61 Å². The van der Waals surface area contributed by atoms with Crippen molar-refractivity contribution in [2.24, 2.45) is 0 Å². The summed E-state index contributed by atoms with van der Waals surface area (Å²) in [6, 6.07) is 8.03. The van der Waals surface area contributed by atoms with Crippen LogP contribution < -0.4 is 5.32 Å². The highest BCUT2D eigenvalue weighted by molar-refractivity contribution is 5.83. The summed E-state index contributed by atoms with van der Waals surface area (Å²) in [7, 11) is 1.20. The van der Waals surface area contributed by atoms with Crippen molar-refractivity contribution in [3.05, 3.63) is 48.0 Å². The van der Waals surface area contributed by atoms with Crippen molar-refractivity contribution >= 4 is 12.1 Å². The van der Waals surface area contributed by atoms with Crippen LogP contribution in [0.5, 0.6) is 0 Å². The van der Waals surface area contributed by atoms with Crippen LogP contribution in [-0.2, 0) is 30.3 Å². The van der Waals surface area contributed by atoms with E-state index in [0.717, 1.165) is 5.56 Å². The molecule has 0 heterocycles. The van der Waals surface area contributed by atoms with Gasteiger partial charge in [0.2, 0.25) is 0 Å². The zero-order chi connectivity index (χ0) is 20.8. The maximum absolute atomic E-state index is 12.0. The Labute approximate surface area is 165 Å². The number of rotatable bonds is 12. The van der Waals surface area contributed by atoms with Crippen molar-refractivity contribution in [1.29, 1.82) is 0 Å². The Morgan fingerprint density at radius 3 is 2.54 bits per heavy atom. The minimum Gasteiger partial charge on any atom is -0.467 e. The van der Waals surface area contributed by atoms with E-state index in [2.05, 4.69) is 10.1 Å². The molecule has 0 radical (unpaired) electrons. The van der Waals surface area contributed by atoms with Crippen molar-refractivity contribution in [3.63, 3.8) is 0 Å². The fourth-order valence-electron chi connectivity index (χ4n) is 2.10. The third kappa shape index (κ3) is 10.1. The van der Waals surface area contributed by atoms with Crippen LogP contribution in [-0.4, -0.2) is 62.3 Å². The molecule has 0 saturated heterocycles. The molecule has 2 unspecified atom stereocenters. The number of amides is 1. The number of hydrogen-bond donors (Lipinski definition) is 2. The van der Waals surface area contributed by atoms with Crippen LogP contribution in [0.4, 0.5) is 4.79 Å². The standard InChI is InChI=1S/C20H29NO7/c1-4-26-12-13-27-15-20(2,24)11-10-17(18(22)25-3)21-19(23)28-14-16-8-6-5-7-9-16/h5-11,17,24H,4,12-15H2,1-3H3,(H,21,23)/b11-10+. The molecule has 2 N–H and O–H groups in total. The van der Waals surface area contributed by atoms with Crippen molar-refractivity contribution in [2.75, 3.05) is 33.5 Å². The number of esters is 1. The second kappa shape index (κ2) is 12.9. The van der Waals surface area contributed by atoms with Gasteiger partial charge in [0.05, 0.1) is 26.9 Å². The summed E-state index contributed by atoms with van der Waals surface area (Å²) in [6.45, 7) is 4.82. The Kier molecular flexibility index (Phi) is 10.9. The van der Waals surface area contributed by atoms with Crippen molar-refractivity contribution < 1.29 is 33.6 Å². The quantitative estimate of drug-likeness (QED) is 0.316. The van der Waals surface area contributed by atoms with E-state index in [0.29, 0.717) is 19.8 Å². The first-order chi connectivity index (χ1) is 13.4.